The van der Waals surface area contributed by atoms with E-state index in [-0.39, 0.29) is 5.02 Å². The molecule has 1 aromatic heterocycles. The van der Waals surface area contributed by atoms with E-state index in [0.29, 0.717) is 18.4 Å². The number of nitrogens with one attached hydrogen (secondary N) is 1. The molecule has 20 heavy (non-hydrogen) atoms. The van der Waals surface area contributed by atoms with Crippen molar-refractivity contribution < 1.29 is 9.13 Å². The third-order valence-electron chi connectivity index (χ3n) is 2.54. The molecule has 2 rings (SSSR count). The number of aromatic nitrogens is 1. The molecule has 0 amide bonds. The van der Waals surface area contributed by atoms with Crippen molar-refractivity contribution in [2.45, 2.75) is 33.0 Å². The molecule has 0 aliphatic rings. The number of nitrogens with zero attached hydrogens (tertiary/aromatic N) is 1. The number of thiazole rings is 1. The topological polar surface area (TPSA) is 34.2 Å². The maximum atomic E-state index is 13.0. The Balaban J connectivity index is 1.89. The van der Waals surface area contributed by atoms with Crippen molar-refractivity contribution in [2.24, 2.45) is 0 Å². The molecule has 0 aliphatic heterocycles. The first-order chi connectivity index (χ1) is 9.54. The van der Waals surface area contributed by atoms with Gasteiger partial charge in [-0.05, 0) is 12.1 Å². The average Bonchev–Trinajstić information content (AvgIpc) is 2.86. The summed E-state index contributed by atoms with van der Waals surface area (Å²) in [5.41, 5.74) is 0.857. The molecule has 108 valence electrons. The third-order valence-corrected chi connectivity index (χ3v) is 3.73. The predicted molar refractivity (Wildman–Crippen MR) is 79.8 cm³/mol. The Morgan fingerprint density at radius 2 is 2.25 bits per heavy atom. The molecule has 0 bridgehead atoms. The van der Waals surface area contributed by atoms with Crippen molar-refractivity contribution in [3.05, 3.63) is 45.1 Å². The molecule has 0 fully saturated rings. The first-order valence-corrected chi connectivity index (χ1v) is 7.55. The predicted octanol–water partition coefficient (Wildman–Crippen LogP) is 4.01. The summed E-state index contributed by atoms with van der Waals surface area (Å²) in [5, 5.41) is 6.35. The summed E-state index contributed by atoms with van der Waals surface area (Å²) >= 11 is 7.29. The van der Waals surface area contributed by atoms with E-state index < -0.39 is 5.82 Å². The fraction of sp³-hybridized carbons (Fsp3) is 0.357. The maximum Gasteiger partial charge on any atom is 0.142 e. The van der Waals surface area contributed by atoms with Gasteiger partial charge in [0.2, 0.25) is 0 Å². The number of hydrogen-bond acceptors (Lipinski definition) is 4. The molecule has 0 spiro atoms. The molecule has 1 aromatic carbocycles. The zero-order valence-corrected chi connectivity index (χ0v) is 12.9. The van der Waals surface area contributed by atoms with E-state index in [4.69, 9.17) is 16.3 Å². The van der Waals surface area contributed by atoms with Crippen LogP contribution in [0.25, 0.3) is 0 Å². The number of benzene rings is 1. The van der Waals surface area contributed by atoms with Gasteiger partial charge >= 0.3 is 0 Å². The molecule has 2 aromatic rings. The molecule has 1 heterocycles. The molecule has 3 nitrogen and oxygen atoms in total. The molecule has 0 unspecified atom stereocenters. The van der Waals surface area contributed by atoms with Crippen molar-refractivity contribution in [2.75, 3.05) is 0 Å². The molecule has 6 heteroatoms. The Morgan fingerprint density at radius 1 is 1.45 bits per heavy atom. The molecular formula is C14H16ClFN2OS. The van der Waals surface area contributed by atoms with E-state index in [1.807, 2.05) is 5.38 Å². The molecule has 0 saturated carbocycles. The largest absolute Gasteiger partial charge is 0.487 e. The van der Waals surface area contributed by atoms with Gasteiger partial charge in [-0.25, -0.2) is 9.37 Å². The summed E-state index contributed by atoms with van der Waals surface area (Å²) in [5.74, 6) is 0.0842. The van der Waals surface area contributed by atoms with Crippen LogP contribution in [-0.2, 0) is 13.2 Å². The number of hydrogen-bond donors (Lipinski definition) is 1. The summed E-state index contributed by atoms with van der Waals surface area (Å²) < 4.78 is 18.5. The van der Waals surface area contributed by atoms with E-state index in [1.165, 1.54) is 12.1 Å². The smallest absolute Gasteiger partial charge is 0.142 e. The van der Waals surface area contributed by atoms with Gasteiger partial charge in [0.1, 0.15) is 23.2 Å². The highest BCUT2D eigenvalue weighted by atomic mass is 35.5. The van der Waals surface area contributed by atoms with Crippen LogP contribution in [0.5, 0.6) is 5.75 Å². The van der Waals surface area contributed by atoms with E-state index in [0.717, 1.165) is 17.2 Å². The van der Waals surface area contributed by atoms with Crippen LogP contribution in [0, 0.1) is 5.82 Å². The first kappa shape index (κ1) is 15.2. The van der Waals surface area contributed by atoms with Crippen LogP contribution in [0.2, 0.25) is 5.02 Å². The van der Waals surface area contributed by atoms with Gasteiger partial charge in [0, 0.05) is 24.0 Å². The highest BCUT2D eigenvalue weighted by molar-refractivity contribution is 7.09. The van der Waals surface area contributed by atoms with Crippen molar-refractivity contribution in [1.29, 1.82) is 0 Å². The summed E-state index contributed by atoms with van der Waals surface area (Å²) in [6.45, 7) is 5.29. The van der Waals surface area contributed by atoms with Crippen LogP contribution in [0.3, 0.4) is 0 Å². The Bertz CT molecular complexity index is 574. The lowest BCUT2D eigenvalue weighted by Crippen LogP contribution is -2.21. The Labute approximate surface area is 126 Å². The Kier molecular flexibility index (Phi) is 5.34. The monoisotopic (exact) mass is 314 g/mol. The van der Waals surface area contributed by atoms with Gasteiger partial charge in [-0.2, -0.15) is 0 Å². The zero-order valence-electron chi connectivity index (χ0n) is 11.3. The highest BCUT2D eigenvalue weighted by Crippen LogP contribution is 2.22. The van der Waals surface area contributed by atoms with Crippen LogP contribution in [0.1, 0.15) is 24.5 Å². The maximum absolute atomic E-state index is 13.0. The first-order valence-electron chi connectivity index (χ1n) is 6.29. The van der Waals surface area contributed by atoms with Gasteiger partial charge in [0.15, 0.2) is 0 Å². The summed E-state index contributed by atoms with van der Waals surface area (Å²) in [6.07, 6.45) is 0. The highest BCUT2D eigenvalue weighted by Gasteiger charge is 2.05. The third kappa shape index (κ3) is 4.44. The van der Waals surface area contributed by atoms with Crippen molar-refractivity contribution in [3.63, 3.8) is 0 Å². The van der Waals surface area contributed by atoms with Crippen molar-refractivity contribution >= 4 is 22.9 Å². The number of ether oxygens (including phenoxy) is 1. The second-order valence-corrected chi connectivity index (χ2v) is 5.98. The number of halogens is 2. The van der Waals surface area contributed by atoms with E-state index in [2.05, 4.69) is 24.1 Å². The SMILES string of the molecule is CC(C)NCc1nc(COc2ccc(F)c(Cl)c2)cs1. The average molecular weight is 315 g/mol. The van der Waals surface area contributed by atoms with Gasteiger partial charge in [-0.3, -0.25) is 0 Å². The van der Waals surface area contributed by atoms with E-state index in [9.17, 15) is 4.39 Å². The fourth-order valence-electron chi connectivity index (χ4n) is 1.51. The van der Waals surface area contributed by atoms with E-state index >= 15 is 0 Å². The zero-order chi connectivity index (χ0) is 14.5. The quantitative estimate of drug-likeness (QED) is 0.874. The minimum Gasteiger partial charge on any atom is -0.487 e. The Morgan fingerprint density at radius 3 is 2.95 bits per heavy atom. The summed E-state index contributed by atoms with van der Waals surface area (Å²) in [7, 11) is 0. The normalized spacial score (nSPS) is 11.1. The van der Waals surface area contributed by atoms with Gasteiger partial charge in [0.25, 0.3) is 0 Å². The molecule has 0 aliphatic carbocycles. The minimum atomic E-state index is -0.449. The summed E-state index contributed by atoms with van der Waals surface area (Å²) in [6, 6.07) is 4.73. The molecular weight excluding hydrogens is 299 g/mol. The number of rotatable bonds is 6. The molecule has 0 radical (unpaired) electrons. The van der Waals surface area contributed by atoms with Crippen LogP contribution in [-0.4, -0.2) is 11.0 Å². The van der Waals surface area contributed by atoms with Gasteiger partial charge in [-0.1, -0.05) is 25.4 Å². The van der Waals surface area contributed by atoms with Gasteiger partial charge < -0.3 is 10.1 Å². The molecule has 0 saturated heterocycles. The Hall–Kier alpha value is -1.17. The lowest BCUT2D eigenvalue weighted by atomic mass is 10.3. The summed E-state index contributed by atoms with van der Waals surface area (Å²) in [4.78, 5) is 4.46. The molecule has 0 atom stereocenters. The second-order valence-electron chi connectivity index (χ2n) is 4.63. The van der Waals surface area contributed by atoms with Crippen LogP contribution < -0.4 is 10.1 Å². The standard InChI is InChI=1S/C14H16ClFN2OS/c1-9(2)17-6-14-18-10(8-20-14)7-19-11-3-4-13(16)12(15)5-11/h3-5,8-9,17H,6-7H2,1-2H3. The van der Waals surface area contributed by atoms with Crippen LogP contribution in [0.15, 0.2) is 23.6 Å². The lowest BCUT2D eigenvalue weighted by Gasteiger charge is -2.05. The van der Waals surface area contributed by atoms with Gasteiger partial charge in [-0.15, -0.1) is 11.3 Å². The van der Waals surface area contributed by atoms with Crippen LogP contribution in [0.4, 0.5) is 4.39 Å². The second kappa shape index (κ2) is 7.02. The van der Waals surface area contributed by atoms with Crippen molar-refractivity contribution in [3.8, 4) is 5.75 Å². The van der Waals surface area contributed by atoms with Crippen LogP contribution >= 0.6 is 22.9 Å². The fourth-order valence-corrected chi connectivity index (χ4v) is 2.41. The van der Waals surface area contributed by atoms with Gasteiger partial charge in [0.05, 0.1) is 10.7 Å². The minimum absolute atomic E-state index is 0.0580. The van der Waals surface area contributed by atoms with Crippen molar-refractivity contribution in [1.82, 2.24) is 10.3 Å². The lowest BCUT2D eigenvalue weighted by molar-refractivity contribution is 0.301. The molecule has 1 N–H and O–H groups in total. The van der Waals surface area contributed by atoms with E-state index in [1.54, 1.807) is 17.4 Å².